The number of likely N-dealkylation sites (tertiary alicyclic amines) is 1. The average molecular weight is 391 g/mol. The highest BCUT2D eigenvalue weighted by Gasteiger charge is 2.20. The average Bonchev–Trinajstić information content (AvgIpc) is 2.68. The third kappa shape index (κ3) is 7.23. The van der Waals surface area contributed by atoms with Gasteiger partial charge >= 0.3 is 0 Å². The van der Waals surface area contributed by atoms with Gasteiger partial charge in [0.15, 0.2) is 17.5 Å². The Labute approximate surface area is 170 Å². The molecule has 28 heavy (non-hydrogen) atoms. The minimum atomic E-state index is 0.758. The zero-order chi connectivity index (χ0) is 20.4. The van der Waals surface area contributed by atoms with Gasteiger partial charge in [0.2, 0.25) is 0 Å². The van der Waals surface area contributed by atoms with Crippen LogP contribution in [0.5, 0.6) is 11.5 Å². The smallest absolute Gasteiger partial charge is 0.190 e. The molecule has 0 amide bonds. The van der Waals surface area contributed by atoms with E-state index in [2.05, 4.69) is 40.4 Å². The highest BCUT2D eigenvalue weighted by molar-refractivity contribution is 5.79. The second kappa shape index (κ2) is 11.8. The van der Waals surface area contributed by atoms with Crippen molar-refractivity contribution in [3.05, 3.63) is 23.8 Å². The van der Waals surface area contributed by atoms with Crippen molar-refractivity contribution in [2.24, 2.45) is 16.8 Å². The van der Waals surface area contributed by atoms with Gasteiger partial charge < -0.3 is 25.0 Å². The van der Waals surface area contributed by atoms with E-state index in [0.717, 1.165) is 61.8 Å². The first-order valence-corrected chi connectivity index (χ1v) is 10.4. The Morgan fingerprint density at radius 1 is 1.07 bits per heavy atom. The lowest BCUT2D eigenvalue weighted by Gasteiger charge is -2.35. The Morgan fingerprint density at radius 2 is 1.75 bits per heavy atom. The summed E-state index contributed by atoms with van der Waals surface area (Å²) in [6, 6.07) is 6.04. The molecule has 1 aromatic carbocycles. The summed E-state index contributed by atoms with van der Waals surface area (Å²) in [4.78, 5) is 6.93. The molecule has 2 rings (SSSR count). The fourth-order valence-corrected chi connectivity index (χ4v) is 4.07. The molecule has 0 radical (unpaired) electrons. The summed E-state index contributed by atoms with van der Waals surface area (Å²) in [5.41, 5.74) is 1.20. The van der Waals surface area contributed by atoms with Gasteiger partial charge in [-0.1, -0.05) is 19.9 Å². The van der Waals surface area contributed by atoms with E-state index >= 15 is 0 Å². The Morgan fingerprint density at radius 3 is 2.39 bits per heavy atom. The summed E-state index contributed by atoms with van der Waals surface area (Å²) in [5, 5.41) is 6.82. The fourth-order valence-electron chi connectivity index (χ4n) is 4.07. The second-order valence-corrected chi connectivity index (χ2v) is 7.92. The van der Waals surface area contributed by atoms with Crippen LogP contribution in [0.25, 0.3) is 0 Å². The van der Waals surface area contributed by atoms with Gasteiger partial charge in [-0.3, -0.25) is 4.99 Å². The van der Waals surface area contributed by atoms with E-state index in [-0.39, 0.29) is 0 Å². The fraction of sp³-hybridized carbons (Fsp3) is 0.682. The SMILES string of the molecule is CN=C(NCCCN1CC(C)CC(C)C1)NCCc1ccc(OC)c(OC)c1. The normalized spacial score (nSPS) is 20.7. The van der Waals surface area contributed by atoms with Gasteiger partial charge in [-0.25, -0.2) is 0 Å². The molecule has 1 aliphatic heterocycles. The van der Waals surface area contributed by atoms with Gasteiger partial charge in [-0.05, 0) is 55.3 Å². The third-order valence-corrected chi connectivity index (χ3v) is 5.27. The number of methoxy groups -OCH3 is 2. The van der Waals surface area contributed by atoms with Crippen molar-refractivity contribution in [2.75, 3.05) is 54.0 Å². The van der Waals surface area contributed by atoms with Gasteiger partial charge in [0.25, 0.3) is 0 Å². The summed E-state index contributed by atoms with van der Waals surface area (Å²) in [7, 11) is 5.14. The van der Waals surface area contributed by atoms with Crippen LogP contribution in [0.4, 0.5) is 0 Å². The molecule has 0 aromatic heterocycles. The van der Waals surface area contributed by atoms with Crippen molar-refractivity contribution in [1.29, 1.82) is 0 Å². The molecule has 2 unspecified atom stereocenters. The molecule has 0 bridgehead atoms. The van der Waals surface area contributed by atoms with Crippen LogP contribution in [-0.2, 0) is 6.42 Å². The van der Waals surface area contributed by atoms with Crippen molar-refractivity contribution in [3.63, 3.8) is 0 Å². The lowest BCUT2D eigenvalue weighted by atomic mass is 9.92. The summed E-state index contributed by atoms with van der Waals surface area (Å²) in [5.74, 6) is 4.03. The molecule has 2 N–H and O–H groups in total. The summed E-state index contributed by atoms with van der Waals surface area (Å²) in [6.07, 6.45) is 3.39. The molecule has 0 spiro atoms. The first-order valence-electron chi connectivity index (χ1n) is 10.4. The van der Waals surface area contributed by atoms with Crippen LogP contribution in [0.2, 0.25) is 0 Å². The molecule has 2 atom stereocenters. The molecule has 1 saturated heterocycles. The quantitative estimate of drug-likeness (QED) is 0.386. The van der Waals surface area contributed by atoms with Gasteiger partial charge in [0.1, 0.15) is 0 Å². The molecule has 1 fully saturated rings. The van der Waals surface area contributed by atoms with E-state index in [1.807, 2.05) is 19.2 Å². The zero-order valence-corrected chi connectivity index (χ0v) is 18.3. The highest BCUT2D eigenvalue weighted by Crippen LogP contribution is 2.27. The van der Waals surface area contributed by atoms with Crippen LogP contribution in [0.1, 0.15) is 32.3 Å². The monoisotopic (exact) mass is 390 g/mol. The molecule has 0 aliphatic carbocycles. The Hall–Kier alpha value is -1.95. The second-order valence-electron chi connectivity index (χ2n) is 7.92. The number of hydrogen-bond acceptors (Lipinski definition) is 4. The number of ether oxygens (including phenoxy) is 2. The van der Waals surface area contributed by atoms with Crippen molar-refractivity contribution < 1.29 is 9.47 Å². The Kier molecular flexibility index (Phi) is 9.41. The Bertz CT molecular complexity index is 611. The van der Waals surface area contributed by atoms with Crippen LogP contribution in [-0.4, -0.2) is 64.9 Å². The molecular weight excluding hydrogens is 352 g/mol. The largest absolute Gasteiger partial charge is 0.493 e. The summed E-state index contributed by atoms with van der Waals surface area (Å²) < 4.78 is 10.7. The van der Waals surface area contributed by atoms with E-state index in [1.54, 1.807) is 14.2 Å². The number of hydrogen-bond donors (Lipinski definition) is 2. The summed E-state index contributed by atoms with van der Waals surface area (Å²) >= 11 is 0. The van der Waals surface area contributed by atoms with E-state index < -0.39 is 0 Å². The van der Waals surface area contributed by atoms with E-state index in [9.17, 15) is 0 Å². The standard InChI is InChI=1S/C22H38N4O2/c1-17-13-18(2)16-26(15-17)12-6-10-24-22(23-3)25-11-9-19-7-8-20(27-4)21(14-19)28-5/h7-8,14,17-18H,6,9-13,15-16H2,1-5H3,(H2,23,24,25). The first-order chi connectivity index (χ1) is 13.5. The minimum Gasteiger partial charge on any atom is -0.493 e. The number of benzene rings is 1. The van der Waals surface area contributed by atoms with Crippen molar-refractivity contribution in [3.8, 4) is 11.5 Å². The van der Waals surface area contributed by atoms with Crippen LogP contribution in [0, 0.1) is 11.8 Å². The maximum Gasteiger partial charge on any atom is 0.190 e. The molecule has 158 valence electrons. The first kappa shape index (κ1) is 22.3. The molecule has 1 aliphatic rings. The van der Waals surface area contributed by atoms with Crippen LogP contribution in [0.3, 0.4) is 0 Å². The number of piperidine rings is 1. The van der Waals surface area contributed by atoms with Crippen LogP contribution >= 0.6 is 0 Å². The van der Waals surface area contributed by atoms with Crippen molar-refractivity contribution >= 4 is 5.96 Å². The Balaban J connectivity index is 1.66. The summed E-state index contributed by atoms with van der Waals surface area (Å²) in [6.45, 7) is 10.1. The van der Waals surface area contributed by atoms with Gasteiger partial charge in [-0.15, -0.1) is 0 Å². The predicted octanol–water partition coefficient (Wildman–Crippen LogP) is 2.78. The highest BCUT2D eigenvalue weighted by atomic mass is 16.5. The topological polar surface area (TPSA) is 58.1 Å². The van der Waals surface area contributed by atoms with Crippen LogP contribution < -0.4 is 20.1 Å². The third-order valence-electron chi connectivity index (χ3n) is 5.27. The lowest BCUT2D eigenvalue weighted by Crippen LogP contribution is -2.42. The van der Waals surface area contributed by atoms with E-state index in [1.165, 1.54) is 25.1 Å². The van der Waals surface area contributed by atoms with Crippen molar-refractivity contribution in [2.45, 2.75) is 33.1 Å². The number of guanidine groups is 1. The lowest BCUT2D eigenvalue weighted by molar-refractivity contribution is 0.140. The molecule has 1 aromatic rings. The maximum absolute atomic E-state index is 5.37. The molecule has 1 heterocycles. The van der Waals surface area contributed by atoms with Gasteiger partial charge in [0, 0.05) is 33.2 Å². The molecule has 0 saturated carbocycles. The van der Waals surface area contributed by atoms with Crippen molar-refractivity contribution in [1.82, 2.24) is 15.5 Å². The van der Waals surface area contributed by atoms with E-state index in [4.69, 9.17) is 9.47 Å². The molecule has 6 nitrogen and oxygen atoms in total. The van der Waals surface area contributed by atoms with Crippen LogP contribution in [0.15, 0.2) is 23.2 Å². The van der Waals surface area contributed by atoms with E-state index in [0.29, 0.717) is 0 Å². The molecule has 6 heteroatoms. The predicted molar refractivity (Wildman–Crippen MR) is 117 cm³/mol. The minimum absolute atomic E-state index is 0.758. The zero-order valence-electron chi connectivity index (χ0n) is 18.3. The molecular formula is C22H38N4O2. The maximum atomic E-state index is 5.37. The van der Waals surface area contributed by atoms with Gasteiger partial charge in [-0.2, -0.15) is 0 Å². The number of aliphatic imine (C=N–C) groups is 1. The van der Waals surface area contributed by atoms with Gasteiger partial charge in [0.05, 0.1) is 14.2 Å². The number of rotatable bonds is 9. The number of nitrogens with one attached hydrogen (secondary N) is 2. The number of nitrogens with zero attached hydrogens (tertiary/aromatic N) is 2.